The van der Waals surface area contributed by atoms with Gasteiger partial charge in [-0.2, -0.15) is 0 Å². The van der Waals surface area contributed by atoms with Crippen LogP contribution in [-0.2, 0) is 6.61 Å². The Morgan fingerprint density at radius 2 is 1.82 bits per heavy atom. The monoisotopic (exact) mass is 294 g/mol. The summed E-state index contributed by atoms with van der Waals surface area (Å²) in [5.41, 5.74) is 1.59. The van der Waals surface area contributed by atoms with E-state index in [9.17, 15) is 4.39 Å². The van der Waals surface area contributed by atoms with Gasteiger partial charge in [-0.25, -0.2) is 4.39 Å². The molecule has 0 aliphatic carbocycles. The maximum absolute atomic E-state index is 13.8. The predicted molar refractivity (Wildman–Crippen MR) is 69.6 cm³/mol. The average molecular weight is 295 g/mol. The standard InChI is InChI=1S/C14H12BrFO/c1-10-12(15)7-8-13(14(10)16)17-9-11-5-3-2-4-6-11/h2-8H,9H2,1H3. The van der Waals surface area contributed by atoms with Crippen LogP contribution in [0.15, 0.2) is 46.9 Å². The smallest absolute Gasteiger partial charge is 0.169 e. The summed E-state index contributed by atoms with van der Waals surface area (Å²) in [7, 11) is 0. The molecule has 0 amide bonds. The van der Waals surface area contributed by atoms with Crippen molar-refractivity contribution in [2.45, 2.75) is 13.5 Å². The van der Waals surface area contributed by atoms with Crippen molar-refractivity contribution in [2.75, 3.05) is 0 Å². The molecular formula is C14H12BrFO. The first kappa shape index (κ1) is 12.1. The Labute approximate surface area is 108 Å². The van der Waals surface area contributed by atoms with Crippen LogP contribution in [0.4, 0.5) is 4.39 Å². The van der Waals surface area contributed by atoms with Gasteiger partial charge >= 0.3 is 0 Å². The van der Waals surface area contributed by atoms with Gasteiger partial charge in [0.15, 0.2) is 11.6 Å². The Kier molecular flexibility index (Phi) is 3.79. The summed E-state index contributed by atoms with van der Waals surface area (Å²) in [6.45, 7) is 2.09. The Bertz CT molecular complexity index is 511. The number of hydrogen-bond donors (Lipinski definition) is 0. The SMILES string of the molecule is Cc1c(Br)ccc(OCc2ccccc2)c1F. The molecule has 0 atom stereocenters. The summed E-state index contributed by atoms with van der Waals surface area (Å²) in [5.74, 6) is -0.0233. The third kappa shape index (κ3) is 2.86. The van der Waals surface area contributed by atoms with E-state index in [0.29, 0.717) is 12.2 Å². The third-order valence-electron chi connectivity index (χ3n) is 2.52. The predicted octanol–water partition coefficient (Wildman–Crippen LogP) is 4.48. The second kappa shape index (κ2) is 5.32. The lowest BCUT2D eigenvalue weighted by molar-refractivity contribution is 0.289. The zero-order chi connectivity index (χ0) is 12.3. The highest BCUT2D eigenvalue weighted by atomic mass is 79.9. The zero-order valence-corrected chi connectivity index (χ0v) is 11.0. The quantitative estimate of drug-likeness (QED) is 0.811. The normalized spacial score (nSPS) is 10.3. The van der Waals surface area contributed by atoms with Gasteiger partial charge < -0.3 is 4.74 Å². The first-order chi connectivity index (χ1) is 8.18. The highest BCUT2D eigenvalue weighted by molar-refractivity contribution is 9.10. The van der Waals surface area contributed by atoms with E-state index in [-0.39, 0.29) is 11.6 Å². The molecule has 0 aliphatic heterocycles. The van der Waals surface area contributed by atoms with Gasteiger partial charge in [0, 0.05) is 10.0 Å². The third-order valence-corrected chi connectivity index (χ3v) is 3.38. The molecule has 3 heteroatoms. The molecule has 1 nitrogen and oxygen atoms in total. The Morgan fingerprint density at radius 1 is 1.12 bits per heavy atom. The molecule has 0 fully saturated rings. The molecule has 2 rings (SSSR count). The highest BCUT2D eigenvalue weighted by Gasteiger charge is 2.09. The van der Waals surface area contributed by atoms with Crippen molar-refractivity contribution in [3.05, 3.63) is 63.9 Å². The minimum Gasteiger partial charge on any atom is -0.486 e. The number of hydrogen-bond acceptors (Lipinski definition) is 1. The fraction of sp³-hybridized carbons (Fsp3) is 0.143. The maximum atomic E-state index is 13.8. The molecule has 0 aliphatic rings. The largest absolute Gasteiger partial charge is 0.486 e. The van der Waals surface area contributed by atoms with E-state index in [4.69, 9.17) is 4.74 Å². The average Bonchev–Trinajstić information content (AvgIpc) is 2.36. The molecule has 0 unspecified atom stereocenters. The highest BCUT2D eigenvalue weighted by Crippen LogP contribution is 2.27. The van der Waals surface area contributed by atoms with Crippen molar-refractivity contribution in [2.24, 2.45) is 0 Å². The summed E-state index contributed by atoms with van der Waals surface area (Å²) in [5, 5.41) is 0. The van der Waals surface area contributed by atoms with Gasteiger partial charge in [-0.3, -0.25) is 0 Å². The topological polar surface area (TPSA) is 9.23 Å². The summed E-state index contributed by atoms with van der Waals surface area (Å²) in [6.07, 6.45) is 0. The molecule has 0 heterocycles. The molecular weight excluding hydrogens is 283 g/mol. The first-order valence-electron chi connectivity index (χ1n) is 5.30. The second-order valence-electron chi connectivity index (χ2n) is 3.76. The van der Waals surface area contributed by atoms with E-state index >= 15 is 0 Å². The molecule has 0 bridgehead atoms. The van der Waals surface area contributed by atoms with Crippen LogP contribution in [0.25, 0.3) is 0 Å². The zero-order valence-electron chi connectivity index (χ0n) is 9.41. The molecule has 0 radical (unpaired) electrons. The van der Waals surface area contributed by atoms with Gasteiger partial charge in [-0.05, 0) is 24.6 Å². The van der Waals surface area contributed by atoms with Gasteiger partial charge in [-0.15, -0.1) is 0 Å². The molecule has 0 N–H and O–H groups in total. The van der Waals surface area contributed by atoms with Crippen LogP contribution in [0, 0.1) is 12.7 Å². The van der Waals surface area contributed by atoms with Crippen LogP contribution >= 0.6 is 15.9 Å². The molecule has 17 heavy (non-hydrogen) atoms. The van der Waals surface area contributed by atoms with Crippen LogP contribution in [0.2, 0.25) is 0 Å². The van der Waals surface area contributed by atoms with E-state index in [0.717, 1.165) is 10.0 Å². The molecule has 0 aromatic heterocycles. The Balaban J connectivity index is 2.13. The second-order valence-corrected chi connectivity index (χ2v) is 4.61. The Morgan fingerprint density at radius 3 is 2.53 bits per heavy atom. The molecule has 88 valence electrons. The lowest BCUT2D eigenvalue weighted by Crippen LogP contribution is -1.98. The molecule has 0 saturated heterocycles. The first-order valence-corrected chi connectivity index (χ1v) is 6.09. The minimum absolute atomic E-state index is 0.287. The van der Waals surface area contributed by atoms with Gasteiger partial charge in [0.25, 0.3) is 0 Å². The van der Waals surface area contributed by atoms with Crippen LogP contribution in [0.5, 0.6) is 5.75 Å². The van der Waals surface area contributed by atoms with E-state index in [1.807, 2.05) is 30.3 Å². The molecule has 0 saturated carbocycles. The lowest BCUT2D eigenvalue weighted by atomic mass is 10.2. The summed E-state index contributed by atoms with van der Waals surface area (Å²) in [4.78, 5) is 0. The summed E-state index contributed by atoms with van der Waals surface area (Å²) >= 11 is 3.28. The summed E-state index contributed by atoms with van der Waals surface area (Å²) < 4.78 is 20.0. The van der Waals surface area contributed by atoms with Crippen molar-refractivity contribution in [1.29, 1.82) is 0 Å². The van der Waals surface area contributed by atoms with Gasteiger partial charge in [0.05, 0.1) is 0 Å². The molecule has 0 spiro atoms. The number of rotatable bonds is 3. The van der Waals surface area contributed by atoms with Crippen LogP contribution in [0.1, 0.15) is 11.1 Å². The van der Waals surface area contributed by atoms with Gasteiger partial charge in [0.1, 0.15) is 6.61 Å². The van der Waals surface area contributed by atoms with Crippen LogP contribution < -0.4 is 4.74 Å². The maximum Gasteiger partial charge on any atom is 0.169 e. The number of ether oxygens (including phenoxy) is 1. The fourth-order valence-corrected chi connectivity index (χ4v) is 1.79. The minimum atomic E-state index is -0.310. The van der Waals surface area contributed by atoms with Crippen molar-refractivity contribution in [1.82, 2.24) is 0 Å². The fourth-order valence-electron chi connectivity index (χ4n) is 1.48. The summed E-state index contributed by atoms with van der Waals surface area (Å²) in [6, 6.07) is 13.1. The van der Waals surface area contributed by atoms with E-state index in [1.54, 1.807) is 19.1 Å². The van der Waals surface area contributed by atoms with Gasteiger partial charge in [0.2, 0.25) is 0 Å². The molecule has 2 aromatic rings. The molecule has 2 aromatic carbocycles. The van der Waals surface area contributed by atoms with E-state index in [2.05, 4.69) is 15.9 Å². The van der Waals surface area contributed by atoms with Crippen LogP contribution in [0.3, 0.4) is 0 Å². The Hall–Kier alpha value is -1.35. The van der Waals surface area contributed by atoms with Crippen molar-refractivity contribution in [3.63, 3.8) is 0 Å². The van der Waals surface area contributed by atoms with Crippen molar-refractivity contribution in [3.8, 4) is 5.75 Å². The number of halogens is 2. The number of benzene rings is 2. The lowest BCUT2D eigenvalue weighted by Gasteiger charge is -2.09. The van der Waals surface area contributed by atoms with Crippen molar-refractivity contribution < 1.29 is 9.13 Å². The van der Waals surface area contributed by atoms with E-state index in [1.165, 1.54) is 0 Å². The van der Waals surface area contributed by atoms with Crippen LogP contribution in [-0.4, -0.2) is 0 Å². The van der Waals surface area contributed by atoms with Gasteiger partial charge in [-0.1, -0.05) is 46.3 Å². The van der Waals surface area contributed by atoms with E-state index < -0.39 is 0 Å². The van der Waals surface area contributed by atoms with Crippen molar-refractivity contribution >= 4 is 15.9 Å².